The Labute approximate surface area is 432 Å². The quantitative estimate of drug-likeness (QED) is 0.0516. The number of nitrogens with one attached hydrogen (secondary N) is 3. The predicted octanol–water partition coefficient (Wildman–Crippen LogP) is 7.00. The number of likely N-dealkylation sites (tertiary alicyclic amines) is 2. The summed E-state index contributed by atoms with van der Waals surface area (Å²) >= 11 is 0. The SMILES string of the molecule is CN1CCC(c2nn(-c3cnc4[nH]cc(C(=O)NC(C)(C)CO)c4n3)c3ccccc23)CC1.CN1CCC(c2nn(-c3cnc4c(n3)c(C(=O)NC(C)(C)CO)cn4COCC[Si](C)(C)C)c3ccccc23)CC1. The molecule has 0 atom stereocenters. The van der Waals surface area contributed by atoms with Crippen molar-refractivity contribution in [1.29, 1.82) is 0 Å². The number of carbonyl (C=O) groups excluding carboxylic acids is 2. The van der Waals surface area contributed by atoms with E-state index in [1.54, 1.807) is 52.5 Å². The first-order valence-corrected chi connectivity index (χ1v) is 29.5. The second-order valence-electron chi connectivity index (χ2n) is 22.7. The molecule has 8 heterocycles. The average Bonchev–Trinajstić information content (AvgIpc) is 4.18. The Morgan fingerprint density at radius 3 is 1.72 bits per heavy atom. The number of H-pyrrole nitrogens is 1. The maximum atomic E-state index is 13.4. The first-order chi connectivity index (χ1) is 35.3. The molecule has 0 unspecified atom stereocenters. The number of aromatic nitrogens is 10. The number of hydrogen-bond acceptors (Lipinski definition) is 13. The van der Waals surface area contributed by atoms with Crippen LogP contribution in [-0.2, 0) is 11.5 Å². The summed E-state index contributed by atoms with van der Waals surface area (Å²) in [4.78, 5) is 53.0. The number of amides is 2. The van der Waals surface area contributed by atoms with Crippen LogP contribution in [0.15, 0.2) is 73.3 Å². The summed E-state index contributed by atoms with van der Waals surface area (Å²) in [5.74, 6) is 1.26. The Bertz CT molecular complexity index is 3280. The first-order valence-electron chi connectivity index (χ1n) is 25.8. The lowest BCUT2D eigenvalue weighted by molar-refractivity contribution is 0.0855. The van der Waals surface area contributed by atoms with E-state index in [9.17, 15) is 19.8 Å². The number of aromatic amines is 1. The van der Waals surface area contributed by atoms with E-state index in [1.807, 2.05) is 38.2 Å². The standard InChI is InChI=1S/C30H43N7O3Si.C24H29N7O2/c1-30(2,19-38)33-29(39)23-18-36(20-40-15-16-41(4,5)6)28-27(23)32-25(17-31-28)37-24-10-8-7-9-22(24)26(34-37)21-11-13-35(3)14-12-21;1-24(2,14-32)28-23(33)17-12-25-22-21(17)27-19(13-26-22)31-18-7-5-4-6-16(18)20(29-31)15-8-10-30(3)11-9-15/h7-10,17-18,21,38H,11-16,19-20H2,1-6H3,(H,33,39);4-7,12-13,15,32H,8-11,14H2,1-3H3,(H,25,26)(H,28,33). The van der Waals surface area contributed by atoms with E-state index in [4.69, 9.17) is 29.9 Å². The van der Waals surface area contributed by atoms with Crippen LogP contribution in [0.5, 0.6) is 0 Å². The summed E-state index contributed by atoms with van der Waals surface area (Å²) in [6.45, 7) is 18.8. The molecule has 2 aliphatic rings. The fourth-order valence-corrected chi connectivity index (χ4v) is 10.4. The van der Waals surface area contributed by atoms with Crippen LogP contribution in [0.1, 0.15) is 97.3 Å². The Morgan fingerprint density at radius 2 is 1.20 bits per heavy atom. The van der Waals surface area contributed by atoms with E-state index in [0.717, 1.165) is 91.1 Å². The molecular formula is C54H72N14O5Si. The molecule has 2 aliphatic heterocycles. The zero-order valence-electron chi connectivity index (χ0n) is 44.3. The van der Waals surface area contributed by atoms with Gasteiger partial charge in [0.1, 0.15) is 17.8 Å². The summed E-state index contributed by atoms with van der Waals surface area (Å²) in [5.41, 5.74) is 5.41. The number of fused-ring (bicyclic) bond motifs is 4. The molecule has 2 aromatic carbocycles. The molecule has 74 heavy (non-hydrogen) atoms. The number of nitrogens with zero attached hydrogens (tertiary/aromatic N) is 11. The fraction of sp³-hybridized carbons (Fsp3) is 0.481. The topological polar surface area (TPSA) is 222 Å². The maximum Gasteiger partial charge on any atom is 0.255 e. The van der Waals surface area contributed by atoms with E-state index in [2.05, 4.69) is 88.4 Å². The number of ether oxygens (including phenoxy) is 1. The highest BCUT2D eigenvalue weighted by Gasteiger charge is 2.29. The largest absolute Gasteiger partial charge is 0.394 e. The number of rotatable bonds is 15. The maximum absolute atomic E-state index is 13.4. The Morgan fingerprint density at radius 1 is 0.716 bits per heavy atom. The second kappa shape index (κ2) is 21.4. The minimum Gasteiger partial charge on any atom is -0.394 e. The van der Waals surface area contributed by atoms with E-state index in [1.165, 1.54) is 0 Å². The minimum atomic E-state index is -1.24. The molecule has 8 aromatic rings. The molecule has 20 heteroatoms. The van der Waals surface area contributed by atoms with Crippen molar-refractivity contribution in [2.45, 2.75) is 109 Å². The van der Waals surface area contributed by atoms with Crippen molar-refractivity contribution in [1.82, 2.24) is 69.5 Å². The minimum absolute atomic E-state index is 0.170. The monoisotopic (exact) mass is 1020 g/mol. The molecule has 6 aromatic heterocycles. The number of aliphatic hydroxyl groups is 2. The highest BCUT2D eigenvalue weighted by molar-refractivity contribution is 6.76. The van der Waals surface area contributed by atoms with Crippen molar-refractivity contribution in [3.63, 3.8) is 0 Å². The van der Waals surface area contributed by atoms with Crippen LogP contribution < -0.4 is 10.6 Å². The van der Waals surface area contributed by atoms with Crippen LogP contribution in [0.2, 0.25) is 25.7 Å². The van der Waals surface area contributed by atoms with Crippen molar-refractivity contribution in [3.05, 3.63) is 95.8 Å². The molecule has 0 spiro atoms. The molecule has 19 nitrogen and oxygen atoms in total. The number of para-hydroxylation sites is 2. The molecule has 5 N–H and O–H groups in total. The van der Waals surface area contributed by atoms with Gasteiger partial charge in [-0.2, -0.15) is 10.2 Å². The van der Waals surface area contributed by atoms with Gasteiger partial charge < -0.3 is 44.9 Å². The molecule has 2 fully saturated rings. The van der Waals surface area contributed by atoms with Gasteiger partial charge in [0.05, 0.1) is 70.2 Å². The third-order valence-corrected chi connectivity index (χ3v) is 15.9. The molecule has 0 saturated carbocycles. The smallest absolute Gasteiger partial charge is 0.255 e. The molecule has 2 amide bonds. The lowest BCUT2D eigenvalue weighted by Crippen LogP contribution is -2.46. The van der Waals surface area contributed by atoms with Gasteiger partial charge in [0, 0.05) is 49.7 Å². The summed E-state index contributed by atoms with van der Waals surface area (Å²) in [6, 6.07) is 17.5. The van der Waals surface area contributed by atoms with Crippen LogP contribution in [0.4, 0.5) is 0 Å². The highest BCUT2D eigenvalue weighted by atomic mass is 28.3. The molecule has 0 radical (unpaired) electrons. The van der Waals surface area contributed by atoms with Crippen molar-refractivity contribution in [2.24, 2.45) is 0 Å². The van der Waals surface area contributed by atoms with Crippen LogP contribution in [0.3, 0.4) is 0 Å². The molecular weight excluding hydrogens is 953 g/mol. The molecule has 392 valence electrons. The highest BCUT2D eigenvalue weighted by Crippen LogP contribution is 2.35. The van der Waals surface area contributed by atoms with Crippen molar-refractivity contribution >= 4 is 64.0 Å². The number of piperidine rings is 2. The van der Waals surface area contributed by atoms with Crippen LogP contribution in [0.25, 0.3) is 55.8 Å². The van der Waals surface area contributed by atoms with Crippen molar-refractivity contribution < 1.29 is 24.5 Å². The van der Waals surface area contributed by atoms with Gasteiger partial charge in [-0.3, -0.25) is 9.59 Å². The Kier molecular flexibility index (Phi) is 15.2. The number of aliphatic hydroxyl groups excluding tert-OH is 2. The van der Waals surface area contributed by atoms with E-state index in [-0.39, 0.29) is 31.8 Å². The Hall–Kier alpha value is -6.42. The normalized spacial score (nSPS) is 15.8. The van der Waals surface area contributed by atoms with Gasteiger partial charge in [-0.1, -0.05) is 56.0 Å². The van der Waals surface area contributed by atoms with Gasteiger partial charge in [-0.05, 0) is 112 Å². The van der Waals surface area contributed by atoms with Gasteiger partial charge in [0.2, 0.25) is 0 Å². The van der Waals surface area contributed by atoms with Gasteiger partial charge in [-0.25, -0.2) is 29.3 Å². The van der Waals surface area contributed by atoms with Crippen molar-refractivity contribution in [2.75, 3.05) is 60.1 Å². The molecule has 0 aliphatic carbocycles. The first kappa shape index (κ1) is 52.4. The number of hydrogen-bond donors (Lipinski definition) is 5. The molecule has 10 rings (SSSR count). The van der Waals surface area contributed by atoms with Crippen LogP contribution in [-0.4, -0.2) is 160 Å². The van der Waals surface area contributed by atoms with E-state index >= 15 is 0 Å². The number of carbonyl (C=O) groups is 2. The van der Waals surface area contributed by atoms with Gasteiger partial charge in [-0.15, -0.1) is 0 Å². The lowest BCUT2D eigenvalue weighted by atomic mass is 9.92. The van der Waals surface area contributed by atoms with Gasteiger partial charge >= 0.3 is 0 Å². The molecule has 2 saturated heterocycles. The van der Waals surface area contributed by atoms with E-state index < -0.39 is 19.2 Å². The summed E-state index contributed by atoms with van der Waals surface area (Å²) in [5, 5.41) is 37.4. The molecule has 0 bridgehead atoms. The zero-order valence-corrected chi connectivity index (χ0v) is 45.3. The van der Waals surface area contributed by atoms with Crippen molar-refractivity contribution in [3.8, 4) is 11.6 Å². The van der Waals surface area contributed by atoms with Crippen LogP contribution >= 0.6 is 0 Å². The third kappa shape index (κ3) is 11.4. The zero-order chi connectivity index (χ0) is 52.5. The summed E-state index contributed by atoms with van der Waals surface area (Å²) in [7, 11) is 3.08. The van der Waals surface area contributed by atoms with Gasteiger partial charge in [0.15, 0.2) is 22.9 Å². The third-order valence-electron chi connectivity index (χ3n) is 14.2. The fourth-order valence-electron chi connectivity index (χ4n) is 9.63. The second-order valence-corrected chi connectivity index (χ2v) is 28.3. The lowest BCUT2D eigenvalue weighted by Gasteiger charge is -2.28. The summed E-state index contributed by atoms with van der Waals surface area (Å²) in [6.07, 6.45) is 11.0. The predicted molar refractivity (Wildman–Crippen MR) is 291 cm³/mol. The number of benzene rings is 2. The summed E-state index contributed by atoms with van der Waals surface area (Å²) < 4.78 is 11.5. The van der Waals surface area contributed by atoms with Crippen LogP contribution in [0, 0.1) is 0 Å². The Balaban J connectivity index is 0.000000186. The van der Waals surface area contributed by atoms with Gasteiger partial charge in [0.25, 0.3) is 11.8 Å². The average molecular weight is 1030 g/mol. The van der Waals surface area contributed by atoms with E-state index in [0.29, 0.717) is 63.5 Å².